The van der Waals surface area contributed by atoms with Gasteiger partial charge in [-0.25, -0.2) is 9.37 Å². The van der Waals surface area contributed by atoms with Crippen LogP contribution in [0.1, 0.15) is 50.4 Å². The Hall–Kier alpha value is -3.47. The van der Waals surface area contributed by atoms with Crippen LogP contribution < -0.4 is 25.2 Å². The molecule has 0 atom stereocenters. The molecule has 0 spiro atoms. The Labute approximate surface area is 217 Å². The molecule has 2 amide bonds. The molecule has 1 aromatic carbocycles. The smallest absolute Gasteiger partial charge is 0.254 e. The number of carbonyl (C=O) groups is 2. The third-order valence-electron chi connectivity index (χ3n) is 6.86. The van der Waals surface area contributed by atoms with E-state index in [-0.39, 0.29) is 29.5 Å². The van der Waals surface area contributed by atoms with Crippen molar-refractivity contribution in [3.63, 3.8) is 0 Å². The molecule has 2 aliphatic rings. The van der Waals surface area contributed by atoms with E-state index < -0.39 is 11.7 Å². The van der Waals surface area contributed by atoms with E-state index in [4.69, 9.17) is 4.74 Å². The van der Waals surface area contributed by atoms with Crippen molar-refractivity contribution in [3.05, 3.63) is 29.7 Å². The van der Waals surface area contributed by atoms with E-state index in [1.165, 1.54) is 12.1 Å². The molecule has 200 valence electrons. The summed E-state index contributed by atoms with van der Waals surface area (Å²) < 4.78 is 20.9. The van der Waals surface area contributed by atoms with Gasteiger partial charge in [-0.1, -0.05) is 0 Å². The number of hydrogen-bond donors (Lipinski definition) is 2. The first-order chi connectivity index (χ1) is 17.7. The monoisotopic (exact) mass is 513 g/mol. The minimum Gasteiger partial charge on any atom is -0.492 e. The highest BCUT2D eigenvalue weighted by Crippen LogP contribution is 2.34. The molecule has 4 rings (SSSR count). The summed E-state index contributed by atoms with van der Waals surface area (Å²) in [4.78, 5) is 40.2. The first-order valence-electron chi connectivity index (χ1n) is 12.8. The van der Waals surface area contributed by atoms with Crippen molar-refractivity contribution in [3.8, 4) is 5.75 Å². The third-order valence-corrected chi connectivity index (χ3v) is 6.86. The Balaban J connectivity index is 1.61. The van der Waals surface area contributed by atoms with Gasteiger partial charge in [-0.05, 0) is 59.8 Å². The maximum Gasteiger partial charge on any atom is 0.254 e. The molecule has 0 radical (unpaired) electrons. The summed E-state index contributed by atoms with van der Waals surface area (Å²) in [5.74, 6) is 0.0401. The van der Waals surface area contributed by atoms with Crippen molar-refractivity contribution in [2.45, 2.75) is 52.1 Å². The molecule has 1 fully saturated rings. The van der Waals surface area contributed by atoms with E-state index in [2.05, 4.69) is 25.5 Å². The highest BCUT2D eigenvalue weighted by molar-refractivity contribution is 5.97. The molecule has 11 heteroatoms. The maximum absolute atomic E-state index is 15.2. The number of likely N-dealkylation sites (tertiary alicyclic amines) is 1. The number of fused-ring (bicyclic) bond motifs is 1. The topological polar surface area (TPSA) is 103 Å². The number of ether oxygens (including phenoxy) is 1. The standard InChI is InChI=1S/C26H36FN7O3/c1-6-37-22-13-18(25(36)29-17-7-10-32(4)11-8-17)19(27)14-20(22)30-26-28-15-21-24(31-26)34(16(2)3)12-9-23(35)33(21)5/h13-17H,6-12H2,1-5H3,(H,29,36)(H,28,30,31). The summed E-state index contributed by atoms with van der Waals surface area (Å²) in [7, 11) is 3.75. The van der Waals surface area contributed by atoms with E-state index in [0.29, 0.717) is 42.5 Å². The highest BCUT2D eigenvalue weighted by atomic mass is 19.1. The molecule has 2 aliphatic heterocycles. The number of halogens is 1. The van der Waals surface area contributed by atoms with Crippen LogP contribution in [-0.4, -0.2) is 79.1 Å². The molecule has 0 bridgehead atoms. The summed E-state index contributed by atoms with van der Waals surface area (Å²) in [6.07, 6.45) is 3.61. The van der Waals surface area contributed by atoms with Gasteiger partial charge in [0.15, 0.2) is 5.82 Å². The SMILES string of the molecule is CCOc1cc(C(=O)NC2CCN(C)CC2)c(F)cc1Nc1ncc2c(n1)N(C(C)C)CCC(=O)N2C. The van der Waals surface area contributed by atoms with Crippen LogP contribution in [0.3, 0.4) is 0 Å². The number of hydrogen-bond acceptors (Lipinski definition) is 8. The predicted octanol–water partition coefficient (Wildman–Crippen LogP) is 3.16. The molecule has 0 saturated carbocycles. The Morgan fingerprint density at radius 1 is 1.22 bits per heavy atom. The Morgan fingerprint density at radius 2 is 1.95 bits per heavy atom. The van der Waals surface area contributed by atoms with E-state index in [1.807, 2.05) is 32.7 Å². The van der Waals surface area contributed by atoms with E-state index in [9.17, 15) is 9.59 Å². The van der Waals surface area contributed by atoms with Gasteiger partial charge in [0.2, 0.25) is 11.9 Å². The number of anilines is 4. The van der Waals surface area contributed by atoms with E-state index in [1.54, 1.807) is 18.1 Å². The maximum atomic E-state index is 15.2. The summed E-state index contributed by atoms with van der Waals surface area (Å²) >= 11 is 0. The van der Waals surface area contributed by atoms with Crippen LogP contribution in [-0.2, 0) is 4.79 Å². The first-order valence-corrected chi connectivity index (χ1v) is 12.8. The van der Waals surface area contributed by atoms with E-state index in [0.717, 1.165) is 25.9 Å². The number of rotatable bonds is 7. The van der Waals surface area contributed by atoms with Crippen molar-refractivity contribution in [2.75, 3.05) is 55.5 Å². The Bertz CT molecular complexity index is 1150. The minimum atomic E-state index is -0.666. The number of aromatic nitrogens is 2. The van der Waals surface area contributed by atoms with Gasteiger partial charge in [0.1, 0.15) is 17.3 Å². The van der Waals surface area contributed by atoms with Crippen molar-refractivity contribution < 1.29 is 18.7 Å². The lowest BCUT2D eigenvalue weighted by atomic mass is 10.0. The fourth-order valence-electron chi connectivity index (χ4n) is 4.64. The average molecular weight is 514 g/mol. The number of benzene rings is 1. The van der Waals surface area contributed by atoms with Gasteiger partial charge >= 0.3 is 0 Å². The molecule has 1 saturated heterocycles. The summed E-state index contributed by atoms with van der Waals surface area (Å²) in [5, 5.41) is 6.01. The zero-order valence-corrected chi connectivity index (χ0v) is 22.2. The lowest BCUT2D eigenvalue weighted by Gasteiger charge is -2.29. The second-order valence-corrected chi connectivity index (χ2v) is 9.83. The van der Waals surface area contributed by atoms with Gasteiger partial charge in [0.05, 0.1) is 24.1 Å². The van der Waals surface area contributed by atoms with Gasteiger partial charge in [-0.15, -0.1) is 0 Å². The molecule has 2 N–H and O–H groups in total. The van der Waals surface area contributed by atoms with Crippen molar-refractivity contribution in [1.82, 2.24) is 20.2 Å². The minimum absolute atomic E-state index is 0.0106. The second-order valence-electron chi connectivity index (χ2n) is 9.83. The molecule has 10 nitrogen and oxygen atoms in total. The molecular weight excluding hydrogens is 477 g/mol. The summed E-state index contributed by atoms with van der Waals surface area (Å²) in [6.45, 7) is 8.52. The predicted molar refractivity (Wildman–Crippen MR) is 141 cm³/mol. The van der Waals surface area contributed by atoms with Crippen LogP contribution in [0.4, 0.5) is 27.5 Å². The van der Waals surface area contributed by atoms with Gasteiger partial charge < -0.3 is 30.1 Å². The molecular formula is C26H36FN7O3. The quantitative estimate of drug-likeness (QED) is 0.582. The number of nitrogens with one attached hydrogen (secondary N) is 2. The van der Waals surface area contributed by atoms with Crippen molar-refractivity contribution in [2.24, 2.45) is 0 Å². The Kier molecular flexibility index (Phi) is 8.11. The molecule has 1 aromatic heterocycles. The average Bonchev–Trinajstić information content (AvgIpc) is 2.98. The zero-order chi connectivity index (χ0) is 26.7. The summed E-state index contributed by atoms with van der Waals surface area (Å²) in [6, 6.07) is 2.78. The number of amides is 2. The van der Waals surface area contributed by atoms with Crippen molar-refractivity contribution >= 4 is 35.0 Å². The molecule has 3 heterocycles. The highest BCUT2D eigenvalue weighted by Gasteiger charge is 2.28. The number of nitrogens with zero attached hydrogens (tertiary/aromatic N) is 5. The van der Waals surface area contributed by atoms with Crippen LogP contribution in [0.2, 0.25) is 0 Å². The number of carbonyl (C=O) groups excluding carboxylic acids is 2. The zero-order valence-electron chi connectivity index (χ0n) is 22.2. The van der Waals surface area contributed by atoms with Gasteiger partial charge in [-0.3, -0.25) is 9.59 Å². The second kappa shape index (κ2) is 11.3. The van der Waals surface area contributed by atoms with Crippen molar-refractivity contribution in [1.29, 1.82) is 0 Å². The van der Waals surface area contributed by atoms with Crippen LogP contribution in [0.25, 0.3) is 0 Å². The largest absolute Gasteiger partial charge is 0.492 e. The van der Waals surface area contributed by atoms with Crippen LogP contribution in [0.5, 0.6) is 5.75 Å². The lowest BCUT2D eigenvalue weighted by molar-refractivity contribution is -0.118. The fraction of sp³-hybridized carbons (Fsp3) is 0.538. The molecule has 0 aliphatic carbocycles. The van der Waals surface area contributed by atoms with Crippen LogP contribution >= 0.6 is 0 Å². The van der Waals surface area contributed by atoms with Gasteiger partial charge in [-0.2, -0.15) is 4.98 Å². The lowest BCUT2D eigenvalue weighted by Crippen LogP contribution is -2.43. The number of piperidine rings is 1. The normalized spacial score (nSPS) is 17.0. The summed E-state index contributed by atoms with van der Waals surface area (Å²) in [5.41, 5.74) is 0.852. The third kappa shape index (κ3) is 5.93. The molecule has 37 heavy (non-hydrogen) atoms. The Morgan fingerprint density at radius 3 is 2.62 bits per heavy atom. The van der Waals surface area contributed by atoms with Gasteiger partial charge in [0.25, 0.3) is 5.91 Å². The molecule has 2 aromatic rings. The van der Waals surface area contributed by atoms with Crippen LogP contribution in [0, 0.1) is 5.82 Å². The fourth-order valence-corrected chi connectivity index (χ4v) is 4.64. The van der Waals surface area contributed by atoms with E-state index >= 15 is 4.39 Å². The molecule has 0 unspecified atom stereocenters. The van der Waals surface area contributed by atoms with Crippen LogP contribution in [0.15, 0.2) is 18.3 Å². The first kappa shape index (κ1) is 26.6. The van der Waals surface area contributed by atoms with Gasteiger partial charge in [0, 0.05) is 38.2 Å².